The summed E-state index contributed by atoms with van der Waals surface area (Å²) in [6.45, 7) is 2.12. The summed E-state index contributed by atoms with van der Waals surface area (Å²) < 4.78 is 0. The van der Waals surface area contributed by atoms with Crippen LogP contribution in [-0.2, 0) is 6.42 Å². The maximum Gasteiger partial charge on any atom is 0.272 e. The fourth-order valence-electron chi connectivity index (χ4n) is 2.93. The van der Waals surface area contributed by atoms with Crippen molar-refractivity contribution in [2.75, 3.05) is 0 Å². The Hall–Kier alpha value is -1.60. The SMILES string of the molecule is CC1CCC(C#N)(Cc2cc(Cl)ccc2[N+](=O)[O-])C1. The molecule has 4 nitrogen and oxygen atoms in total. The first-order chi connectivity index (χ1) is 8.96. The Balaban J connectivity index is 2.35. The predicted molar refractivity (Wildman–Crippen MR) is 72.9 cm³/mol. The Morgan fingerprint density at radius 1 is 1.63 bits per heavy atom. The lowest BCUT2D eigenvalue weighted by molar-refractivity contribution is -0.385. The van der Waals surface area contributed by atoms with Gasteiger partial charge < -0.3 is 0 Å². The monoisotopic (exact) mass is 278 g/mol. The van der Waals surface area contributed by atoms with Crippen LogP contribution in [0.2, 0.25) is 5.02 Å². The van der Waals surface area contributed by atoms with Gasteiger partial charge in [-0.1, -0.05) is 18.5 Å². The number of nitrogens with zero attached hydrogens (tertiary/aromatic N) is 2. The van der Waals surface area contributed by atoms with Gasteiger partial charge in [-0.3, -0.25) is 10.1 Å². The van der Waals surface area contributed by atoms with Crippen LogP contribution in [0, 0.1) is 32.8 Å². The molecule has 0 heterocycles. The summed E-state index contributed by atoms with van der Waals surface area (Å²) in [4.78, 5) is 10.6. The Morgan fingerprint density at radius 3 is 2.89 bits per heavy atom. The first kappa shape index (κ1) is 13.8. The van der Waals surface area contributed by atoms with Gasteiger partial charge in [0.2, 0.25) is 0 Å². The normalized spacial score (nSPS) is 26.1. The summed E-state index contributed by atoms with van der Waals surface area (Å²) in [7, 11) is 0. The molecular formula is C14H15ClN2O2. The molecule has 2 rings (SSSR count). The first-order valence-electron chi connectivity index (χ1n) is 6.30. The smallest absolute Gasteiger partial charge is 0.258 e. The molecule has 0 N–H and O–H groups in total. The van der Waals surface area contributed by atoms with Crippen molar-refractivity contribution in [3.05, 3.63) is 38.9 Å². The van der Waals surface area contributed by atoms with E-state index >= 15 is 0 Å². The lowest BCUT2D eigenvalue weighted by Crippen LogP contribution is -2.18. The molecule has 0 spiro atoms. The average Bonchev–Trinajstić information content (AvgIpc) is 2.71. The van der Waals surface area contributed by atoms with E-state index in [1.165, 1.54) is 12.1 Å². The number of hydrogen-bond donors (Lipinski definition) is 0. The quantitative estimate of drug-likeness (QED) is 0.617. The highest BCUT2D eigenvalue weighted by Gasteiger charge is 2.39. The molecule has 2 atom stereocenters. The van der Waals surface area contributed by atoms with Crippen LogP contribution in [0.5, 0.6) is 0 Å². The van der Waals surface area contributed by atoms with E-state index in [9.17, 15) is 15.4 Å². The molecule has 100 valence electrons. The van der Waals surface area contributed by atoms with Crippen LogP contribution in [0.1, 0.15) is 31.7 Å². The molecule has 19 heavy (non-hydrogen) atoms. The second-order valence-electron chi connectivity index (χ2n) is 5.45. The van der Waals surface area contributed by atoms with E-state index in [1.807, 2.05) is 0 Å². The third-order valence-corrected chi connectivity index (χ3v) is 4.09. The van der Waals surface area contributed by atoms with E-state index in [4.69, 9.17) is 11.6 Å². The molecule has 1 aromatic carbocycles. The zero-order valence-electron chi connectivity index (χ0n) is 10.7. The zero-order chi connectivity index (χ0) is 14.0. The van der Waals surface area contributed by atoms with Crippen molar-refractivity contribution >= 4 is 17.3 Å². The van der Waals surface area contributed by atoms with Crippen molar-refractivity contribution in [3.8, 4) is 6.07 Å². The van der Waals surface area contributed by atoms with Crippen molar-refractivity contribution in [2.45, 2.75) is 32.6 Å². The molecule has 0 amide bonds. The van der Waals surface area contributed by atoms with Crippen LogP contribution in [0.4, 0.5) is 5.69 Å². The summed E-state index contributed by atoms with van der Waals surface area (Å²) in [5.74, 6) is 0.498. The van der Waals surface area contributed by atoms with Gasteiger partial charge in [0.05, 0.1) is 16.4 Å². The highest BCUT2D eigenvalue weighted by atomic mass is 35.5. The van der Waals surface area contributed by atoms with Crippen LogP contribution in [-0.4, -0.2) is 4.92 Å². The largest absolute Gasteiger partial charge is 0.272 e. The average molecular weight is 279 g/mol. The van der Waals surface area contributed by atoms with Gasteiger partial charge >= 0.3 is 0 Å². The number of hydrogen-bond acceptors (Lipinski definition) is 3. The lowest BCUT2D eigenvalue weighted by atomic mass is 9.80. The molecule has 1 fully saturated rings. The van der Waals surface area contributed by atoms with Gasteiger partial charge in [-0.15, -0.1) is 0 Å². The number of rotatable bonds is 3. The molecule has 2 unspecified atom stereocenters. The maximum absolute atomic E-state index is 11.0. The Kier molecular flexibility index (Phi) is 3.77. The number of nitriles is 1. The van der Waals surface area contributed by atoms with E-state index in [0.29, 0.717) is 22.9 Å². The number of benzene rings is 1. The first-order valence-corrected chi connectivity index (χ1v) is 6.68. The second-order valence-corrected chi connectivity index (χ2v) is 5.88. The maximum atomic E-state index is 11.0. The van der Waals surface area contributed by atoms with Gasteiger partial charge in [0, 0.05) is 16.7 Å². The topological polar surface area (TPSA) is 66.9 Å². The Morgan fingerprint density at radius 2 is 2.37 bits per heavy atom. The molecule has 1 aliphatic carbocycles. The van der Waals surface area contributed by atoms with Crippen molar-refractivity contribution in [1.29, 1.82) is 5.26 Å². The fourth-order valence-corrected chi connectivity index (χ4v) is 3.13. The van der Waals surface area contributed by atoms with Gasteiger partial charge in [0.25, 0.3) is 5.69 Å². The summed E-state index contributed by atoms with van der Waals surface area (Å²) in [5.41, 5.74) is 0.140. The van der Waals surface area contributed by atoms with Crippen molar-refractivity contribution in [3.63, 3.8) is 0 Å². The van der Waals surface area contributed by atoms with Crippen LogP contribution >= 0.6 is 11.6 Å². The van der Waals surface area contributed by atoms with Gasteiger partial charge in [0.15, 0.2) is 0 Å². The predicted octanol–water partition coefficient (Wildman–Crippen LogP) is 4.12. The number of nitro groups is 1. The minimum absolute atomic E-state index is 0.0542. The highest BCUT2D eigenvalue weighted by molar-refractivity contribution is 6.30. The van der Waals surface area contributed by atoms with E-state index in [0.717, 1.165) is 19.3 Å². The zero-order valence-corrected chi connectivity index (χ0v) is 11.5. The highest BCUT2D eigenvalue weighted by Crippen LogP contribution is 2.44. The minimum Gasteiger partial charge on any atom is -0.258 e. The minimum atomic E-state index is -0.477. The molecule has 0 bridgehead atoms. The van der Waals surface area contributed by atoms with Gasteiger partial charge in [-0.2, -0.15) is 5.26 Å². The summed E-state index contributed by atoms with van der Waals surface area (Å²) in [6, 6.07) is 6.92. The lowest BCUT2D eigenvalue weighted by Gasteiger charge is -2.20. The summed E-state index contributed by atoms with van der Waals surface area (Å²) >= 11 is 5.92. The van der Waals surface area contributed by atoms with E-state index in [1.54, 1.807) is 6.07 Å². The Labute approximate surface area is 117 Å². The second kappa shape index (κ2) is 5.18. The van der Waals surface area contributed by atoms with E-state index in [-0.39, 0.29) is 5.69 Å². The summed E-state index contributed by atoms with van der Waals surface area (Å²) in [5, 5.41) is 21.0. The van der Waals surface area contributed by atoms with Crippen molar-refractivity contribution < 1.29 is 4.92 Å². The molecule has 0 aliphatic heterocycles. The van der Waals surface area contributed by atoms with Crippen LogP contribution < -0.4 is 0 Å². The van der Waals surface area contributed by atoms with Crippen LogP contribution in [0.15, 0.2) is 18.2 Å². The van der Waals surface area contributed by atoms with Gasteiger partial charge in [0.1, 0.15) is 0 Å². The van der Waals surface area contributed by atoms with Crippen molar-refractivity contribution in [2.24, 2.45) is 11.3 Å². The summed E-state index contributed by atoms with van der Waals surface area (Å²) in [6.07, 6.45) is 3.01. The standard InChI is InChI=1S/C14H15ClN2O2/c1-10-4-5-14(7-10,9-16)8-11-6-12(15)2-3-13(11)17(18)19/h2-3,6,10H,4-5,7-8H2,1H3. The fraction of sp³-hybridized carbons (Fsp3) is 0.500. The van der Waals surface area contributed by atoms with Gasteiger partial charge in [-0.25, -0.2) is 0 Å². The molecular weight excluding hydrogens is 264 g/mol. The van der Waals surface area contributed by atoms with E-state index in [2.05, 4.69) is 13.0 Å². The number of halogens is 1. The molecule has 0 radical (unpaired) electrons. The van der Waals surface area contributed by atoms with Crippen LogP contribution in [0.3, 0.4) is 0 Å². The molecule has 0 saturated heterocycles. The van der Waals surface area contributed by atoms with E-state index < -0.39 is 10.3 Å². The molecule has 1 saturated carbocycles. The van der Waals surface area contributed by atoms with Crippen molar-refractivity contribution in [1.82, 2.24) is 0 Å². The third kappa shape index (κ3) is 2.87. The Bertz CT molecular complexity index is 553. The van der Waals surface area contributed by atoms with Gasteiger partial charge in [-0.05, 0) is 43.7 Å². The third-order valence-electron chi connectivity index (χ3n) is 3.86. The molecule has 1 aromatic rings. The molecule has 5 heteroatoms. The number of nitro benzene ring substituents is 1. The molecule has 0 aromatic heterocycles. The molecule has 1 aliphatic rings. The van der Waals surface area contributed by atoms with Crippen LogP contribution in [0.25, 0.3) is 0 Å².